The molecule has 28 heavy (non-hydrogen) atoms. The smallest absolute Gasteiger partial charge is 0.353 e. The number of amides is 1. The van der Waals surface area contributed by atoms with E-state index >= 15 is 0 Å². The number of aliphatic hydroxyl groups excluding tert-OH is 1. The number of nitrogens with one attached hydrogen (secondary N) is 1. The molecule has 0 spiro atoms. The molecule has 0 bridgehead atoms. The van der Waals surface area contributed by atoms with Crippen LogP contribution in [0.4, 0.5) is 0 Å². The number of aliphatic carboxylic acids is 1. The number of carboxylic acid groups (broad SMARTS) is 1. The van der Waals surface area contributed by atoms with Crippen LogP contribution in [-0.4, -0.2) is 61.5 Å². The standard InChI is InChI=1S/C19H26N4O4S/c1-10-15-14(11(2)24)18(25)23(15)16(19(26)27)17(10)28-13-6-12(20-7-13)8-22-5-4-21(3)9-22/h4-5,9-15,20,24H,6-8H2,1-3H3/p+1/t10-,11-,12+,13+,14-,15-/m1/s1. The van der Waals surface area contributed by atoms with Crippen molar-refractivity contribution < 1.29 is 24.4 Å². The van der Waals surface area contributed by atoms with E-state index in [9.17, 15) is 19.8 Å². The van der Waals surface area contributed by atoms with Crippen LogP contribution in [0, 0.1) is 11.8 Å². The minimum atomic E-state index is -1.06. The summed E-state index contributed by atoms with van der Waals surface area (Å²) < 4.78 is 4.15. The molecule has 2 fully saturated rings. The van der Waals surface area contributed by atoms with Crippen LogP contribution in [0.2, 0.25) is 0 Å². The fraction of sp³-hybridized carbons (Fsp3) is 0.632. The number of carbonyl (C=O) groups excluding carboxylic acids is 1. The van der Waals surface area contributed by atoms with Gasteiger partial charge in [-0.25, -0.2) is 13.9 Å². The normalized spacial score (nSPS) is 33.2. The molecule has 0 unspecified atom stereocenters. The Morgan fingerprint density at radius 3 is 2.86 bits per heavy atom. The van der Waals surface area contributed by atoms with Crippen molar-refractivity contribution in [3.8, 4) is 0 Å². The topological polar surface area (TPSA) is 98.7 Å². The number of aromatic nitrogens is 2. The highest BCUT2D eigenvalue weighted by Crippen LogP contribution is 2.51. The summed E-state index contributed by atoms with van der Waals surface area (Å²) in [4.78, 5) is 26.5. The third-order valence-electron chi connectivity index (χ3n) is 6.04. The van der Waals surface area contributed by atoms with Gasteiger partial charge >= 0.3 is 5.97 Å². The summed E-state index contributed by atoms with van der Waals surface area (Å²) in [5.41, 5.74) is 0.116. The molecule has 6 atom stereocenters. The second kappa shape index (κ2) is 7.20. The van der Waals surface area contributed by atoms with E-state index in [1.165, 1.54) is 4.90 Å². The highest BCUT2D eigenvalue weighted by Gasteiger charge is 2.60. The first-order valence-corrected chi connectivity index (χ1v) is 10.6. The Balaban J connectivity index is 1.46. The number of rotatable bonds is 6. The molecule has 3 aliphatic heterocycles. The first kappa shape index (κ1) is 19.5. The van der Waals surface area contributed by atoms with Crippen LogP contribution in [0.1, 0.15) is 20.3 Å². The molecule has 3 aliphatic rings. The average molecular weight is 408 g/mol. The molecule has 1 aromatic rings. The molecular weight excluding hydrogens is 380 g/mol. The Labute approximate surface area is 168 Å². The maximum absolute atomic E-state index is 12.4. The number of aryl methyl sites for hydroxylation is 1. The van der Waals surface area contributed by atoms with E-state index in [-0.39, 0.29) is 28.8 Å². The Bertz CT molecular complexity index is 836. The Morgan fingerprint density at radius 2 is 2.25 bits per heavy atom. The van der Waals surface area contributed by atoms with Gasteiger partial charge in [0, 0.05) is 28.7 Å². The average Bonchev–Trinajstić information content (AvgIpc) is 3.28. The van der Waals surface area contributed by atoms with Crippen molar-refractivity contribution in [2.24, 2.45) is 18.9 Å². The summed E-state index contributed by atoms with van der Waals surface area (Å²) in [5, 5.41) is 23.5. The number of thioether (sulfide) groups is 1. The number of aliphatic hydroxyl groups is 1. The molecule has 0 aliphatic carbocycles. The van der Waals surface area contributed by atoms with Crippen LogP contribution in [0.25, 0.3) is 0 Å². The fourth-order valence-corrected chi connectivity index (χ4v) is 6.25. The van der Waals surface area contributed by atoms with Gasteiger partial charge in [-0.3, -0.25) is 4.79 Å². The fourth-order valence-electron chi connectivity index (χ4n) is 4.73. The van der Waals surface area contributed by atoms with E-state index in [4.69, 9.17) is 0 Å². The van der Waals surface area contributed by atoms with E-state index in [1.807, 2.05) is 37.3 Å². The SMILES string of the molecule is C[C@@H](O)[C@H]1C(=O)N2C(C(=O)O)=C(S[C@@H]3CN[C@H](Cn4cc[n+](C)c4)C3)[C@H](C)[C@H]12. The van der Waals surface area contributed by atoms with Gasteiger partial charge in [-0.2, -0.15) is 0 Å². The molecule has 8 nitrogen and oxygen atoms in total. The third kappa shape index (κ3) is 3.15. The van der Waals surface area contributed by atoms with Crippen LogP contribution < -0.4 is 9.88 Å². The number of nitrogens with zero attached hydrogens (tertiary/aromatic N) is 3. The minimum absolute atomic E-state index is 0.0732. The first-order chi connectivity index (χ1) is 13.3. The van der Waals surface area contributed by atoms with Crippen molar-refractivity contribution in [1.29, 1.82) is 0 Å². The zero-order valence-electron chi connectivity index (χ0n) is 16.3. The molecule has 1 aromatic heterocycles. The summed E-state index contributed by atoms with van der Waals surface area (Å²) in [6, 6.07) is 0.0884. The van der Waals surface area contributed by atoms with Gasteiger partial charge in [0.2, 0.25) is 12.2 Å². The third-order valence-corrected chi connectivity index (χ3v) is 7.55. The van der Waals surface area contributed by atoms with Crippen LogP contribution in [0.3, 0.4) is 0 Å². The summed E-state index contributed by atoms with van der Waals surface area (Å²) in [7, 11) is 1.99. The number of carbonyl (C=O) groups is 2. The molecule has 0 saturated carbocycles. The lowest BCUT2D eigenvalue weighted by Gasteiger charge is -2.46. The van der Waals surface area contributed by atoms with Crippen molar-refractivity contribution in [1.82, 2.24) is 14.8 Å². The van der Waals surface area contributed by atoms with Gasteiger partial charge in [0.15, 0.2) is 0 Å². The van der Waals surface area contributed by atoms with Gasteiger partial charge in [0.05, 0.1) is 25.1 Å². The molecule has 152 valence electrons. The van der Waals surface area contributed by atoms with Crippen LogP contribution >= 0.6 is 11.8 Å². The first-order valence-electron chi connectivity index (χ1n) is 9.67. The summed E-state index contributed by atoms with van der Waals surface area (Å²) in [6.45, 7) is 5.25. The monoisotopic (exact) mass is 407 g/mol. The van der Waals surface area contributed by atoms with Crippen molar-refractivity contribution in [3.05, 3.63) is 29.3 Å². The lowest BCUT2D eigenvalue weighted by molar-refractivity contribution is -0.671. The maximum atomic E-state index is 12.4. The summed E-state index contributed by atoms with van der Waals surface area (Å²) in [6.07, 6.45) is 6.26. The van der Waals surface area contributed by atoms with Crippen LogP contribution in [-0.2, 0) is 23.2 Å². The number of carboxylic acids is 1. The van der Waals surface area contributed by atoms with Crippen molar-refractivity contribution in [3.63, 3.8) is 0 Å². The van der Waals surface area contributed by atoms with E-state index in [0.29, 0.717) is 6.04 Å². The highest BCUT2D eigenvalue weighted by atomic mass is 32.2. The summed E-state index contributed by atoms with van der Waals surface area (Å²) >= 11 is 1.59. The molecular formula is C19H27N4O4S+. The Morgan fingerprint density at radius 1 is 1.50 bits per heavy atom. The van der Waals surface area contributed by atoms with Gasteiger partial charge in [0.1, 0.15) is 24.6 Å². The molecule has 9 heteroatoms. The lowest BCUT2D eigenvalue weighted by atomic mass is 9.79. The second-order valence-corrected chi connectivity index (χ2v) is 9.47. The molecule has 3 N–H and O–H groups in total. The number of imidazole rings is 1. The number of fused-ring (bicyclic) bond motifs is 1. The second-order valence-electron chi connectivity index (χ2n) is 8.13. The largest absolute Gasteiger partial charge is 0.477 e. The molecule has 0 radical (unpaired) electrons. The minimum Gasteiger partial charge on any atom is -0.477 e. The predicted octanol–water partition coefficient (Wildman–Crippen LogP) is -0.0700. The van der Waals surface area contributed by atoms with Gasteiger partial charge in [-0.15, -0.1) is 11.8 Å². The van der Waals surface area contributed by atoms with Crippen LogP contribution in [0.5, 0.6) is 0 Å². The van der Waals surface area contributed by atoms with Crippen LogP contribution in [0.15, 0.2) is 29.3 Å². The zero-order chi connectivity index (χ0) is 20.2. The van der Waals surface area contributed by atoms with E-state index in [2.05, 4.69) is 9.88 Å². The number of hydrogen-bond donors (Lipinski definition) is 3. The highest BCUT2D eigenvalue weighted by molar-refractivity contribution is 8.03. The van der Waals surface area contributed by atoms with E-state index in [1.54, 1.807) is 18.7 Å². The quantitative estimate of drug-likeness (QED) is 0.451. The molecule has 1 amide bonds. The lowest BCUT2D eigenvalue weighted by Crippen LogP contribution is -2.63. The molecule has 2 saturated heterocycles. The molecule has 4 rings (SSSR count). The molecule has 4 heterocycles. The van der Waals surface area contributed by atoms with E-state index < -0.39 is 18.0 Å². The van der Waals surface area contributed by atoms with E-state index in [0.717, 1.165) is 24.4 Å². The predicted molar refractivity (Wildman–Crippen MR) is 103 cm³/mol. The van der Waals surface area contributed by atoms with Crippen molar-refractivity contribution >= 4 is 23.6 Å². The number of hydrogen-bond acceptors (Lipinski definition) is 5. The van der Waals surface area contributed by atoms with Gasteiger partial charge in [0.25, 0.3) is 0 Å². The number of β-lactam (4-membered cyclic amide) rings is 1. The van der Waals surface area contributed by atoms with Crippen molar-refractivity contribution in [2.75, 3.05) is 6.54 Å². The van der Waals surface area contributed by atoms with Gasteiger partial charge < -0.3 is 20.4 Å². The Hall–Kier alpha value is -1.84. The van der Waals surface area contributed by atoms with Gasteiger partial charge in [-0.05, 0) is 13.3 Å². The Kier molecular flexibility index (Phi) is 5.01. The summed E-state index contributed by atoms with van der Waals surface area (Å²) in [5.74, 6) is -1.92. The maximum Gasteiger partial charge on any atom is 0.353 e. The molecule has 0 aromatic carbocycles. The van der Waals surface area contributed by atoms with Gasteiger partial charge in [-0.1, -0.05) is 6.92 Å². The zero-order valence-corrected chi connectivity index (χ0v) is 17.1. The van der Waals surface area contributed by atoms with Crippen molar-refractivity contribution in [2.45, 2.75) is 50.3 Å².